The zero-order valence-electron chi connectivity index (χ0n) is 12.7. The van der Waals surface area contributed by atoms with E-state index >= 15 is 0 Å². The van der Waals surface area contributed by atoms with Gasteiger partial charge in [-0.3, -0.25) is 4.79 Å². The molecule has 1 aromatic carbocycles. The van der Waals surface area contributed by atoms with E-state index in [0.29, 0.717) is 11.5 Å². The molecule has 0 aliphatic rings. The highest BCUT2D eigenvalue weighted by atomic mass is 16.5. The minimum atomic E-state index is -0.577. The topological polar surface area (TPSA) is 59.0 Å². The first kappa shape index (κ1) is 16.3. The van der Waals surface area contributed by atoms with Crippen molar-refractivity contribution < 1.29 is 19.4 Å². The zero-order chi connectivity index (χ0) is 15.3. The van der Waals surface area contributed by atoms with Crippen molar-refractivity contribution in [2.45, 2.75) is 32.9 Å². The Kier molecular flexibility index (Phi) is 5.82. The van der Waals surface area contributed by atoms with Gasteiger partial charge < -0.3 is 19.5 Å². The van der Waals surface area contributed by atoms with Crippen molar-refractivity contribution in [3.8, 4) is 11.5 Å². The molecule has 112 valence electrons. The Bertz CT molecular complexity index is 457. The molecule has 5 nitrogen and oxygen atoms in total. The van der Waals surface area contributed by atoms with E-state index < -0.39 is 6.10 Å². The first-order valence-electron chi connectivity index (χ1n) is 6.61. The zero-order valence-corrected chi connectivity index (χ0v) is 12.7. The highest BCUT2D eigenvalue weighted by molar-refractivity contribution is 5.77. The van der Waals surface area contributed by atoms with Gasteiger partial charge in [-0.25, -0.2) is 0 Å². The van der Waals surface area contributed by atoms with Crippen molar-refractivity contribution in [3.05, 3.63) is 23.8 Å². The summed E-state index contributed by atoms with van der Waals surface area (Å²) in [4.78, 5) is 13.5. The minimum Gasteiger partial charge on any atom is -0.493 e. The molecule has 0 heterocycles. The largest absolute Gasteiger partial charge is 0.493 e. The van der Waals surface area contributed by atoms with Crippen LogP contribution in [-0.2, 0) is 4.79 Å². The maximum atomic E-state index is 11.9. The SMILES string of the molecule is COc1cc([C@H](C)O)ccc1OCC(=O)N(C)C(C)C. The fourth-order valence-corrected chi connectivity index (χ4v) is 1.59. The number of aliphatic hydroxyl groups is 1. The fraction of sp³-hybridized carbons (Fsp3) is 0.533. The second-order valence-corrected chi connectivity index (χ2v) is 4.97. The van der Waals surface area contributed by atoms with Gasteiger partial charge in [-0.15, -0.1) is 0 Å². The second kappa shape index (κ2) is 7.14. The van der Waals surface area contributed by atoms with Gasteiger partial charge in [0, 0.05) is 13.1 Å². The van der Waals surface area contributed by atoms with E-state index in [9.17, 15) is 9.90 Å². The van der Waals surface area contributed by atoms with Crippen LogP contribution in [-0.4, -0.2) is 42.7 Å². The molecule has 0 unspecified atom stereocenters. The standard InChI is InChI=1S/C15H23NO4/c1-10(2)16(4)15(18)9-20-13-7-6-12(11(3)17)8-14(13)19-5/h6-8,10-11,17H,9H2,1-5H3/t11-/m0/s1. The molecule has 0 aliphatic carbocycles. The molecule has 0 saturated carbocycles. The predicted molar refractivity (Wildman–Crippen MR) is 77.0 cm³/mol. The van der Waals surface area contributed by atoms with Crippen molar-refractivity contribution in [1.29, 1.82) is 0 Å². The fourth-order valence-electron chi connectivity index (χ4n) is 1.59. The first-order valence-corrected chi connectivity index (χ1v) is 6.61. The van der Waals surface area contributed by atoms with Gasteiger partial charge in [-0.2, -0.15) is 0 Å². The average molecular weight is 281 g/mol. The maximum absolute atomic E-state index is 11.9. The van der Waals surface area contributed by atoms with E-state index in [1.54, 1.807) is 37.1 Å². The van der Waals surface area contributed by atoms with Crippen molar-refractivity contribution in [3.63, 3.8) is 0 Å². The Labute approximate surface area is 120 Å². The number of hydrogen-bond acceptors (Lipinski definition) is 4. The van der Waals surface area contributed by atoms with Crippen LogP contribution in [0.2, 0.25) is 0 Å². The van der Waals surface area contributed by atoms with Gasteiger partial charge in [-0.1, -0.05) is 6.07 Å². The van der Waals surface area contributed by atoms with E-state index in [-0.39, 0.29) is 18.6 Å². The Morgan fingerprint density at radius 3 is 2.45 bits per heavy atom. The number of rotatable bonds is 6. The summed E-state index contributed by atoms with van der Waals surface area (Å²) in [7, 11) is 3.26. The summed E-state index contributed by atoms with van der Waals surface area (Å²) in [6.07, 6.45) is -0.577. The number of hydrogen-bond donors (Lipinski definition) is 1. The number of carbonyl (C=O) groups excluding carboxylic acids is 1. The lowest BCUT2D eigenvalue weighted by atomic mass is 10.1. The number of aliphatic hydroxyl groups excluding tert-OH is 1. The normalized spacial score (nSPS) is 12.2. The Balaban J connectivity index is 2.75. The van der Waals surface area contributed by atoms with Crippen molar-refractivity contribution >= 4 is 5.91 Å². The molecule has 0 saturated heterocycles. The first-order chi connectivity index (χ1) is 9.36. The van der Waals surface area contributed by atoms with E-state index in [0.717, 1.165) is 5.56 Å². The summed E-state index contributed by atoms with van der Waals surface area (Å²) < 4.78 is 10.7. The monoisotopic (exact) mass is 281 g/mol. The number of amides is 1. The molecule has 0 radical (unpaired) electrons. The second-order valence-electron chi connectivity index (χ2n) is 4.97. The van der Waals surface area contributed by atoms with Gasteiger partial charge in [0.1, 0.15) is 0 Å². The highest BCUT2D eigenvalue weighted by Crippen LogP contribution is 2.30. The summed E-state index contributed by atoms with van der Waals surface area (Å²) in [6.45, 7) is 5.52. The van der Waals surface area contributed by atoms with E-state index in [1.807, 2.05) is 13.8 Å². The van der Waals surface area contributed by atoms with Crippen LogP contribution in [0.15, 0.2) is 18.2 Å². The lowest BCUT2D eigenvalue weighted by molar-refractivity contribution is -0.133. The van der Waals surface area contributed by atoms with E-state index in [4.69, 9.17) is 9.47 Å². The maximum Gasteiger partial charge on any atom is 0.260 e. The summed E-state index contributed by atoms with van der Waals surface area (Å²) >= 11 is 0. The molecule has 1 aromatic rings. The predicted octanol–water partition coefficient (Wildman–Crippen LogP) is 1.99. The molecule has 20 heavy (non-hydrogen) atoms. The molecule has 5 heteroatoms. The quantitative estimate of drug-likeness (QED) is 0.866. The van der Waals surface area contributed by atoms with Gasteiger partial charge in [0.25, 0.3) is 5.91 Å². The van der Waals surface area contributed by atoms with Crippen LogP contribution in [0.25, 0.3) is 0 Å². The minimum absolute atomic E-state index is 0.0426. The van der Waals surface area contributed by atoms with Gasteiger partial charge in [0.2, 0.25) is 0 Å². The lowest BCUT2D eigenvalue weighted by Gasteiger charge is -2.21. The van der Waals surface area contributed by atoms with Gasteiger partial charge in [0.05, 0.1) is 13.2 Å². The van der Waals surface area contributed by atoms with E-state index in [2.05, 4.69) is 0 Å². The Hall–Kier alpha value is -1.75. The molecular formula is C15H23NO4. The number of methoxy groups -OCH3 is 1. The summed E-state index contributed by atoms with van der Waals surface area (Å²) in [5.41, 5.74) is 0.736. The van der Waals surface area contributed by atoms with Gasteiger partial charge >= 0.3 is 0 Å². The Morgan fingerprint density at radius 1 is 1.30 bits per heavy atom. The number of likely N-dealkylation sites (N-methyl/N-ethyl adjacent to an activating group) is 1. The molecule has 0 spiro atoms. The van der Waals surface area contributed by atoms with Crippen LogP contribution in [0.3, 0.4) is 0 Å². The number of carbonyl (C=O) groups is 1. The third-order valence-corrected chi connectivity index (χ3v) is 3.19. The molecule has 1 atom stereocenters. The molecule has 1 amide bonds. The van der Waals surface area contributed by atoms with Crippen LogP contribution in [0, 0.1) is 0 Å². The van der Waals surface area contributed by atoms with E-state index in [1.165, 1.54) is 7.11 Å². The summed E-state index contributed by atoms with van der Waals surface area (Å²) in [5.74, 6) is 0.896. The van der Waals surface area contributed by atoms with Gasteiger partial charge in [0.15, 0.2) is 18.1 Å². The van der Waals surface area contributed by atoms with Crippen LogP contribution in [0.1, 0.15) is 32.4 Å². The lowest BCUT2D eigenvalue weighted by Crippen LogP contribution is -2.36. The number of nitrogens with zero attached hydrogens (tertiary/aromatic N) is 1. The summed E-state index contributed by atoms with van der Waals surface area (Å²) in [6, 6.07) is 5.28. The summed E-state index contributed by atoms with van der Waals surface area (Å²) in [5, 5.41) is 9.53. The molecule has 1 N–H and O–H groups in total. The van der Waals surface area contributed by atoms with Crippen LogP contribution in [0.5, 0.6) is 11.5 Å². The Morgan fingerprint density at radius 2 is 1.95 bits per heavy atom. The van der Waals surface area contributed by atoms with Gasteiger partial charge in [-0.05, 0) is 38.5 Å². The smallest absolute Gasteiger partial charge is 0.260 e. The van der Waals surface area contributed by atoms with Crippen molar-refractivity contribution in [2.75, 3.05) is 20.8 Å². The molecule has 0 aliphatic heterocycles. The third kappa shape index (κ3) is 4.13. The number of ether oxygens (including phenoxy) is 2. The third-order valence-electron chi connectivity index (χ3n) is 3.19. The highest BCUT2D eigenvalue weighted by Gasteiger charge is 2.14. The molecule has 1 rings (SSSR count). The average Bonchev–Trinajstić information content (AvgIpc) is 2.43. The van der Waals surface area contributed by atoms with Crippen molar-refractivity contribution in [2.24, 2.45) is 0 Å². The molecule has 0 fully saturated rings. The van der Waals surface area contributed by atoms with Crippen LogP contribution < -0.4 is 9.47 Å². The molecule has 0 aromatic heterocycles. The van der Waals surface area contributed by atoms with Crippen LogP contribution in [0.4, 0.5) is 0 Å². The van der Waals surface area contributed by atoms with Crippen LogP contribution >= 0.6 is 0 Å². The van der Waals surface area contributed by atoms with Crippen molar-refractivity contribution in [1.82, 2.24) is 4.90 Å². The molecule has 0 bridgehead atoms. The molecular weight excluding hydrogens is 258 g/mol. The number of benzene rings is 1.